The Morgan fingerprint density at radius 2 is 2.00 bits per heavy atom. The lowest BCUT2D eigenvalue weighted by Crippen LogP contribution is -2.28. The molecule has 1 aromatic carbocycles. The Morgan fingerprint density at radius 3 is 2.77 bits per heavy atom. The van der Waals surface area contributed by atoms with E-state index in [0.717, 1.165) is 25.2 Å². The van der Waals surface area contributed by atoms with Crippen molar-refractivity contribution >= 4 is 22.7 Å². The van der Waals surface area contributed by atoms with Crippen LogP contribution in [-0.2, 0) is 19.5 Å². The summed E-state index contributed by atoms with van der Waals surface area (Å²) in [6.45, 7) is 9.73. The van der Waals surface area contributed by atoms with Gasteiger partial charge in [-0.25, -0.2) is 19.0 Å². The normalized spacial score (nSPS) is 13.8. The second kappa shape index (κ2) is 8.95. The van der Waals surface area contributed by atoms with Crippen LogP contribution in [0.2, 0.25) is 0 Å². The number of likely N-dealkylation sites (N-methyl/N-ethyl adjacent to an activating group) is 1. The van der Waals surface area contributed by atoms with E-state index in [2.05, 4.69) is 51.0 Å². The van der Waals surface area contributed by atoms with E-state index in [-0.39, 0.29) is 23.7 Å². The monoisotopic (exact) mass is 472 g/mol. The summed E-state index contributed by atoms with van der Waals surface area (Å²) >= 11 is 0. The molecule has 10 heteroatoms. The lowest BCUT2D eigenvalue weighted by atomic mass is 9.99. The van der Waals surface area contributed by atoms with Gasteiger partial charge in [-0.15, -0.1) is 11.7 Å². The van der Waals surface area contributed by atoms with Gasteiger partial charge in [0.2, 0.25) is 5.95 Å². The van der Waals surface area contributed by atoms with Crippen LogP contribution in [0.1, 0.15) is 31.0 Å². The maximum Gasteiger partial charge on any atom is 0.278 e. The van der Waals surface area contributed by atoms with Crippen LogP contribution in [-0.4, -0.2) is 47.6 Å². The molecule has 0 unspecified atom stereocenters. The number of hydrogen-bond donors (Lipinski definition) is 1. The summed E-state index contributed by atoms with van der Waals surface area (Å²) in [5.41, 5.74) is 3.43. The molecule has 3 aromatic heterocycles. The van der Waals surface area contributed by atoms with E-state index in [1.807, 2.05) is 19.9 Å². The topological polar surface area (TPSA) is 103 Å². The first kappa shape index (κ1) is 22.7. The van der Waals surface area contributed by atoms with Crippen molar-refractivity contribution in [2.24, 2.45) is 0 Å². The summed E-state index contributed by atoms with van der Waals surface area (Å²) in [6, 6.07) is 9.18. The Bertz CT molecular complexity index is 1550. The summed E-state index contributed by atoms with van der Waals surface area (Å²) < 4.78 is 4.49. The predicted molar refractivity (Wildman–Crippen MR) is 136 cm³/mol. The number of benzene rings is 1. The van der Waals surface area contributed by atoms with Crippen LogP contribution in [0, 0.1) is 0 Å². The van der Waals surface area contributed by atoms with E-state index in [1.54, 1.807) is 16.8 Å². The molecule has 0 aliphatic carbocycles. The zero-order valence-corrected chi connectivity index (χ0v) is 20.1. The molecular formula is C25H28N8O2. The van der Waals surface area contributed by atoms with Gasteiger partial charge in [-0.1, -0.05) is 12.1 Å². The van der Waals surface area contributed by atoms with Crippen molar-refractivity contribution in [1.29, 1.82) is 0 Å². The van der Waals surface area contributed by atoms with E-state index < -0.39 is 0 Å². The van der Waals surface area contributed by atoms with E-state index in [0.29, 0.717) is 22.8 Å². The molecule has 1 aliphatic rings. The second-order valence-electron chi connectivity index (χ2n) is 9.08. The number of fused-ring (bicyclic) bond motifs is 2. The van der Waals surface area contributed by atoms with Crippen LogP contribution >= 0.6 is 0 Å². The molecule has 4 aromatic rings. The number of hydrogen-bond acceptors (Lipinski definition) is 7. The van der Waals surface area contributed by atoms with Crippen molar-refractivity contribution in [2.75, 3.05) is 18.9 Å². The van der Waals surface area contributed by atoms with Crippen molar-refractivity contribution in [3.8, 4) is 5.82 Å². The SMILES string of the molecule is C=CCn1c(=O)c2cnc(Nc3ccc4c(c3)CN(C)CC4)nc2n1-c1ccc(=O)n(C(C)C)n1. The third kappa shape index (κ3) is 4.17. The van der Waals surface area contributed by atoms with Gasteiger partial charge >= 0.3 is 0 Å². The molecule has 1 N–H and O–H groups in total. The van der Waals surface area contributed by atoms with Gasteiger partial charge in [-0.2, -0.15) is 4.98 Å². The largest absolute Gasteiger partial charge is 0.324 e. The third-order valence-corrected chi connectivity index (χ3v) is 6.16. The fourth-order valence-corrected chi connectivity index (χ4v) is 4.41. The van der Waals surface area contributed by atoms with Crippen LogP contribution in [0.15, 0.2) is 58.8 Å². The molecule has 0 bridgehead atoms. The predicted octanol–water partition coefficient (Wildman–Crippen LogP) is 2.64. The average Bonchev–Trinajstić information content (AvgIpc) is 3.10. The summed E-state index contributed by atoms with van der Waals surface area (Å²) in [5, 5.41) is 8.14. The maximum atomic E-state index is 13.2. The van der Waals surface area contributed by atoms with Gasteiger partial charge in [0.1, 0.15) is 5.39 Å². The highest BCUT2D eigenvalue weighted by Gasteiger charge is 2.19. The number of nitrogens with zero attached hydrogens (tertiary/aromatic N) is 7. The fourth-order valence-electron chi connectivity index (χ4n) is 4.41. The molecule has 180 valence electrons. The highest BCUT2D eigenvalue weighted by atomic mass is 16.1. The Kier molecular flexibility index (Phi) is 5.81. The summed E-state index contributed by atoms with van der Waals surface area (Å²) in [6.07, 6.45) is 4.18. The van der Waals surface area contributed by atoms with Gasteiger partial charge < -0.3 is 10.2 Å². The number of anilines is 2. The van der Waals surface area contributed by atoms with Crippen molar-refractivity contribution in [3.63, 3.8) is 0 Å². The molecule has 0 atom stereocenters. The van der Waals surface area contributed by atoms with Crippen LogP contribution in [0.5, 0.6) is 0 Å². The molecule has 5 rings (SSSR count). The minimum Gasteiger partial charge on any atom is -0.324 e. The van der Waals surface area contributed by atoms with E-state index >= 15 is 0 Å². The first-order valence-electron chi connectivity index (χ1n) is 11.6. The zero-order valence-electron chi connectivity index (χ0n) is 20.1. The minimum absolute atomic E-state index is 0.140. The molecule has 0 amide bonds. The second-order valence-corrected chi connectivity index (χ2v) is 9.08. The lowest BCUT2D eigenvalue weighted by Gasteiger charge is -2.25. The standard InChI is InChI=1S/C25H28N8O2/c1-5-11-31-24(35)20-14-26-25(27-19-7-6-17-10-12-30(4)15-18(17)13-19)28-23(20)33(31)21-8-9-22(34)32(29-21)16(2)3/h5-9,13-14,16H,1,10-12,15H2,2-4H3,(H,26,27,28). The molecule has 10 nitrogen and oxygen atoms in total. The van der Waals surface area contributed by atoms with Crippen molar-refractivity contribution in [1.82, 2.24) is 34.0 Å². The van der Waals surface area contributed by atoms with E-state index in [9.17, 15) is 9.59 Å². The Hall–Kier alpha value is -4.05. The van der Waals surface area contributed by atoms with Crippen LogP contribution in [0.3, 0.4) is 0 Å². The van der Waals surface area contributed by atoms with Crippen LogP contribution in [0.25, 0.3) is 16.9 Å². The number of rotatable bonds is 6. The fraction of sp³-hybridized carbons (Fsp3) is 0.320. The summed E-state index contributed by atoms with van der Waals surface area (Å²) in [5.74, 6) is 0.775. The molecule has 0 saturated heterocycles. The van der Waals surface area contributed by atoms with Crippen LogP contribution < -0.4 is 16.4 Å². The molecule has 1 aliphatic heterocycles. The van der Waals surface area contributed by atoms with Crippen molar-refractivity contribution in [2.45, 2.75) is 39.4 Å². The molecule has 0 radical (unpaired) electrons. The average molecular weight is 473 g/mol. The van der Waals surface area contributed by atoms with Gasteiger partial charge in [0.05, 0.1) is 12.6 Å². The van der Waals surface area contributed by atoms with Gasteiger partial charge in [0.25, 0.3) is 11.1 Å². The number of allylic oxidation sites excluding steroid dienone is 1. The first-order chi connectivity index (χ1) is 16.9. The van der Waals surface area contributed by atoms with Crippen molar-refractivity contribution < 1.29 is 0 Å². The minimum atomic E-state index is -0.257. The van der Waals surface area contributed by atoms with E-state index in [4.69, 9.17) is 0 Å². The Labute approximate surface area is 202 Å². The Morgan fingerprint density at radius 1 is 1.17 bits per heavy atom. The molecule has 0 spiro atoms. The number of aromatic nitrogens is 6. The highest BCUT2D eigenvalue weighted by molar-refractivity contribution is 5.77. The van der Waals surface area contributed by atoms with Gasteiger partial charge in [-0.3, -0.25) is 9.59 Å². The summed E-state index contributed by atoms with van der Waals surface area (Å²) in [7, 11) is 2.11. The molecule has 4 heterocycles. The molecular weight excluding hydrogens is 444 g/mol. The van der Waals surface area contributed by atoms with Gasteiger partial charge in [0.15, 0.2) is 11.5 Å². The van der Waals surface area contributed by atoms with Gasteiger partial charge in [0, 0.05) is 31.0 Å². The summed E-state index contributed by atoms with van der Waals surface area (Å²) in [4.78, 5) is 36.8. The van der Waals surface area contributed by atoms with Gasteiger partial charge in [-0.05, 0) is 56.6 Å². The Balaban J connectivity index is 1.61. The zero-order chi connectivity index (χ0) is 24.7. The molecule has 35 heavy (non-hydrogen) atoms. The van der Waals surface area contributed by atoms with Crippen LogP contribution in [0.4, 0.5) is 11.6 Å². The quantitative estimate of drug-likeness (QED) is 0.430. The molecule has 0 fully saturated rings. The molecule has 0 saturated carbocycles. The van der Waals surface area contributed by atoms with Crippen molar-refractivity contribution in [3.05, 3.63) is 81.0 Å². The smallest absolute Gasteiger partial charge is 0.278 e. The third-order valence-electron chi connectivity index (χ3n) is 6.16. The highest BCUT2D eigenvalue weighted by Crippen LogP contribution is 2.24. The maximum absolute atomic E-state index is 13.2. The lowest BCUT2D eigenvalue weighted by molar-refractivity contribution is 0.313. The van der Waals surface area contributed by atoms with E-state index in [1.165, 1.54) is 32.8 Å². The number of nitrogens with one attached hydrogen (secondary N) is 1. The first-order valence-corrected chi connectivity index (χ1v) is 11.6.